The van der Waals surface area contributed by atoms with Crippen LogP contribution in [-0.2, 0) is 0 Å². The maximum atomic E-state index is 6.47. The Bertz CT molecular complexity index is 235. The zero-order valence-electron chi connectivity index (χ0n) is 4.79. The summed E-state index contributed by atoms with van der Waals surface area (Å²) in [6, 6.07) is 1.42. The van der Waals surface area contributed by atoms with Gasteiger partial charge in [-0.3, -0.25) is 0 Å². The maximum Gasteiger partial charge on any atom is 0.371 e. The second-order valence-corrected chi connectivity index (χ2v) is 1.32. The lowest BCUT2D eigenvalue weighted by molar-refractivity contribution is 0.344. The fourth-order valence-electron chi connectivity index (χ4n) is 0.399. The van der Waals surface area contributed by atoms with Crippen LogP contribution in [0.25, 0.3) is 4.85 Å². The highest BCUT2D eigenvalue weighted by atomic mass is 16.5. The van der Waals surface area contributed by atoms with Crippen molar-refractivity contribution in [3.63, 3.8) is 0 Å². The molecular weight excluding hydrogens is 120 g/mol. The van der Waals surface area contributed by atoms with Crippen LogP contribution < -0.4 is 4.74 Å². The molecule has 0 amide bonds. The Hall–Kier alpha value is -1.50. The molecule has 1 rings (SSSR count). The topological polar surface area (TPSA) is 39.6 Å². The van der Waals surface area contributed by atoms with Crippen molar-refractivity contribution in [3.05, 3.63) is 17.5 Å². The maximum absolute atomic E-state index is 6.47. The van der Waals surface area contributed by atoms with Crippen molar-refractivity contribution in [1.29, 1.82) is 0 Å². The highest BCUT2D eigenvalue weighted by molar-refractivity contribution is 5.34. The number of aromatic nitrogens is 1. The second kappa shape index (κ2) is 2.18. The minimum Gasteiger partial charge on any atom is -0.480 e. The number of methoxy groups -OCH3 is 1. The molecule has 1 heterocycles. The third kappa shape index (κ3) is 0.995. The number of nitrogens with zero attached hydrogens (tertiary/aromatic N) is 2. The van der Waals surface area contributed by atoms with E-state index in [9.17, 15) is 0 Å². The summed E-state index contributed by atoms with van der Waals surface area (Å²) >= 11 is 0. The van der Waals surface area contributed by atoms with Gasteiger partial charge in [0.15, 0.2) is 0 Å². The van der Waals surface area contributed by atoms with Crippen LogP contribution in [0.15, 0.2) is 10.6 Å². The molecule has 46 valence electrons. The van der Waals surface area contributed by atoms with E-state index in [1.165, 1.54) is 13.2 Å². The number of hydrogen-bond acceptors (Lipinski definition) is 3. The fourth-order valence-corrected chi connectivity index (χ4v) is 0.399. The van der Waals surface area contributed by atoms with Crippen molar-refractivity contribution in [2.45, 2.75) is 0 Å². The van der Waals surface area contributed by atoms with E-state index in [-0.39, 0.29) is 5.88 Å². The van der Waals surface area contributed by atoms with Crippen LogP contribution >= 0.6 is 0 Å². The first-order chi connectivity index (χ1) is 4.36. The van der Waals surface area contributed by atoms with Gasteiger partial charge in [-0.25, -0.2) is 0 Å². The molecule has 1 aromatic rings. The van der Waals surface area contributed by atoms with Crippen molar-refractivity contribution in [1.82, 2.24) is 5.16 Å². The molecule has 4 heteroatoms. The summed E-state index contributed by atoms with van der Waals surface area (Å²) in [5.74, 6) is 0.479. The lowest BCUT2D eigenvalue weighted by Gasteiger charge is -1.83. The van der Waals surface area contributed by atoms with E-state index < -0.39 is 0 Å². The normalized spacial score (nSPS) is 8.44. The van der Waals surface area contributed by atoms with E-state index in [2.05, 4.69) is 19.3 Å². The van der Waals surface area contributed by atoms with E-state index in [0.29, 0.717) is 5.88 Å². The van der Waals surface area contributed by atoms with Crippen molar-refractivity contribution in [3.8, 4) is 5.88 Å². The predicted molar refractivity (Wildman–Crippen MR) is 29.3 cm³/mol. The zero-order valence-corrected chi connectivity index (χ0v) is 4.79. The summed E-state index contributed by atoms with van der Waals surface area (Å²) in [7, 11) is 1.46. The molecule has 0 atom stereocenters. The van der Waals surface area contributed by atoms with Crippen LogP contribution in [0.4, 0.5) is 5.88 Å². The van der Waals surface area contributed by atoms with Gasteiger partial charge in [0.25, 0.3) is 0 Å². The third-order valence-electron chi connectivity index (χ3n) is 0.795. The predicted octanol–water partition coefficient (Wildman–Crippen LogP) is 1.23. The summed E-state index contributed by atoms with van der Waals surface area (Å²) in [5, 5.41) is 3.39. The zero-order chi connectivity index (χ0) is 6.69. The molecule has 0 aliphatic rings. The van der Waals surface area contributed by atoms with Gasteiger partial charge in [0, 0.05) is 0 Å². The van der Waals surface area contributed by atoms with Gasteiger partial charge in [-0.05, 0) is 0 Å². The van der Waals surface area contributed by atoms with Gasteiger partial charge in [-0.2, -0.15) is 4.85 Å². The van der Waals surface area contributed by atoms with Crippen molar-refractivity contribution >= 4 is 5.88 Å². The smallest absolute Gasteiger partial charge is 0.371 e. The Morgan fingerprint density at radius 1 is 1.89 bits per heavy atom. The minimum absolute atomic E-state index is 0.145. The van der Waals surface area contributed by atoms with Crippen LogP contribution in [-0.4, -0.2) is 12.3 Å². The molecule has 9 heavy (non-hydrogen) atoms. The van der Waals surface area contributed by atoms with Crippen LogP contribution in [0.1, 0.15) is 0 Å². The molecule has 0 radical (unpaired) electrons. The van der Waals surface area contributed by atoms with Crippen LogP contribution in [0.2, 0.25) is 0 Å². The Labute approximate surface area is 51.8 Å². The van der Waals surface area contributed by atoms with E-state index >= 15 is 0 Å². The van der Waals surface area contributed by atoms with Crippen LogP contribution in [0, 0.1) is 6.57 Å². The van der Waals surface area contributed by atoms with Gasteiger partial charge < -0.3 is 9.26 Å². The van der Waals surface area contributed by atoms with Crippen molar-refractivity contribution in [2.75, 3.05) is 7.11 Å². The molecule has 0 aromatic carbocycles. The number of hydrogen-bond donors (Lipinski definition) is 0. The van der Waals surface area contributed by atoms with Gasteiger partial charge in [0.1, 0.15) is 0 Å². The Balaban J connectivity index is 2.90. The molecule has 0 bridgehead atoms. The first-order valence-corrected chi connectivity index (χ1v) is 2.25. The molecule has 0 saturated carbocycles. The second-order valence-electron chi connectivity index (χ2n) is 1.32. The Kier molecular flexibility index (Phi) is 1.36. The summed E-state index contributed by atoms with van der Waals surface area (Å²) in [5.41, 5.74) is 0. The monoisotopic (exact) mass is 124 g/mol. The van der Waals surface area contributed by atoms with E-state index in [4.69, 9.17) is 6.57 Å². The molecule has 0 N–H and O–H groups in total. The molecule has 0 unspecified atom stereocenters. The van der Waals surface area contributed by atoms with Crippen LogP contribution in [0.5, 0.6) is 5.88 Å². The largest absolute Gasteiger partial charge is 0.480 e. The molecule has 0 fully saturated rings. The molecule has 4 nitrogen and oxygen atoms in total. The summed E-state index contributed by atoms with van der Waals surface area (Å²) in [6.45, 7) is 6.47. The number of ether oxygens (including phenoxy) is 1. The standard InChI is InChI=1S/C5H4N2O2/c1-6-4-3-5(8-2)7-9-4/h3H,2H3. The lowest BCUT2D eigenvalue weighted by atomic mass is 10.6. The van der Waals surface area contributed by atoms with E-state index in [0.717, 1.165) is 0 Å². The molecule has 1 aromatic heterocycles. The van der Waals surface area contributed by atoms with E-state index in [1.54, 1.807) is 0 Å². The summed E-state index contributed by atoms with van der Waals surface area (Å²) in [6.07, 6.45) is 0. The van der Waals surface area contributed by atoms with Crippen LogP contribution in [0.3, 0.4) is 0 Å². The first-order valence-electron chi connectivity index (χ1n) is 2.25. The summed E-state index contributed by atoms with van der Waals surface area (Å²) < 4.78 is 9.12. The van der Waals surface area contributed by atoms with Gasteiger partial charge >= 0.3 is 5.88 Å². The Morgan fingerprint density at radius 2 is 2.67 bits per heavy atom. The van der Waals surface area contributed by atoms with Gasteiger partial charge in [0.05, 0.1) is 19.7 Å². The minimum atomic E-state index is 0.145. The quantitative estimate of drug-likeness (QED) is 0.528. The highest BCUT2D eigenvalue weighted by Crippen LogP contribution is 2.17. The van der Waals surface area contributed by atoms with Crippen molar-refractivity contribution in [2.24, 2.45) is 0 Å². The van der Waals surface area contributed by atoms with E-state index in [1.807, 2.05) is 0 Å². The molecule has 0 aliphatic heterocycles. The molecule has 0 spiro atoms. The molecule has 0 aliphatic carbocycles. The average molecular weight is 124 g/mol. The highest BCUT2D eigenvalue weighted by Gasteiger charge is 1.99. The average Bonchev–Trinajstić information content (AvgIpc) is 2.34. The first kappa shape index (κ1) is 5.63. The molecular formula is C5H4N2O2. The third-order valence-corrected chi connectivity index (χ3v) is 0.795. The lowest BCUT2D eigenvalue weighted by Crippen LogP contribution is -1.78. The molecule has 0 saturated heterocycles. The van der Waals surface area contributed by atoms with Gasteiger partial charge in [-0.1, -0.05) is 5.16 Å². The van der Waals surface area contributed by atoms with Gasteiger partial charge in [-0.15, -0.1) is 0 Å². The summed E-state index contributed by atoms with van der Waals surface area (Å²) in [4.78, 5) is 2.98. The SMILES string of the molecule is [C-]#[N+]c1cc(OC)no1. The number of rotatable bonds is 1. The van der Waals surface area contributed by atoms with Crippen molar-refractivity contribution < 1.29 is 9.26 Å². The fraction of sp³-hybridized carbons (Fsp3) is 0.200. The Morgan fingerprint density at radius 3 is 3.00 bits per heavy atom. The van der Waals surface area contributed by atoms with Gasteiger partial charge in [0.2, 0.25) is 5.88 Å².